The maximum absolute atomic E-state index is 10.4. The maximum Gasteiger partial charge on any atom is 0.303 e. The molecule has 7 heteroatoms. The number of unbranched alkanes of at least 4 members (excludes halogenated alkanes) is 1. The molecule has 18 heavy (non-hydrogen) atoms. The van der Waals surface area contributed by atoms with Gasteiger partial charge in [-0.1, -0.05) is 0 Å². The summed E-state index contributed by atoms with van der Waals surface area (Å²) in [5.41, 5.74) is 0.897. The zero-order valence-corrected chi connectivity index (χ0v) is 9.73. The van der Waals surface area contributed by atoms with E-state index in [1.807, 2.05) is 12.1 Å². The summed E-state index contributed by atoms with van der Waals surface area (Å²) in [5.74, 6) is -0.103. The zero-order valence-electron chi connectivity index (χ0n) is 9.73. The number of aliphatic carboxylic acids is 1. The Morgan fingerprint density at radius 1 is 1.28 bits per heavy atom. The smallest absolute Gasteiger partial charge is 0.303 e. The van der Waals surface area contributed by atoms with Crippen LogP contribution in [0.2, 0.25) is 0 Å². The average molecular weight is 247 g/mol. The lowest BCUT2D eigenvalue weighted by atomic mass is 10.2. The number of nitrogens with zero attached hydrogens (tertiary/aromatic N) is 5. The quantitative estimate of drug-likeness (QED) is 0.765. The average Bonchev–Trinajstić information content (AvgIpc) is 2.84. The number of aryl methyl sites for hydroxylation is 1. The zero-order chi connectivity index (χ0) is 12.8. The van der Waals surface area contributed by atoms with Gasteiger partial charge in [-0.2, -0.15) is 0 Å². The molecule has 0 bridgehead atoms. The highest BCUT2D eigenvalue weighted by atomic mass is 16.4. The Hall–Kier alpha value is -2.31. The molecule has 0 saturated heterocycles. The van der Waals surface area contributed by atoms with Gasteiger partial charge in [-0.15, -0.1) is 5.10 Å². The van der Waals surface area contributed by atoms with E-state index in [4.69, 9.17) is 5.11 Å². The largest absolute Gasteiger partial charge is 0.481 e. The van der Waals surface area contributed by atoms with E-state index >= 15 is 0 Å². The second-order valence-electron chi connectivity index (χ2n) is 3.81. The lowest BCUT2D eigenvalue weighted by Gasteiger charge is -2.03. The van der Waals surface area contributed by atoms with E-state index in [9.17, 15) is 4.79 Å². The summed E-state index contributed by atoms with van der Waals surface area (Å²) in [6.07, 6.45) is 4.88. The van der Waals surface area contributed by atoms with Crippen molar-refractivity contribution in [3.63, 3.8) is 0 Å². The third kappa shape index (κ3) is 3.09. The molecule has 0 fully saturated rings. The normalized spacial score (nSPS) is 10.4. The maximum atomic E-state index is 10.4. The van der Waals surface area contributed by atoms with Crippen molar-refractivity contribution in [2.24, 2.45) is 0 Å². The fraction of sp³-hybridized carbons (Fsp3) is 0.364. The second kappa shape index (κ2) is 5.85. The molecule has 0 aliphatic carbocycles. The molecule has 0 unspecified atom stereocenters. The van der Waals surface area contributed by atoms with Crippen LogP contribution in [0.4, 0.5) is 0 Å². The van der Waals surface area contributed by atoms with Crippen LogP contribution in [-0.2, 0) is 11.3 Å². The van der Waals surface area contributed by atoms with Gasteiger partial charge in [0, 0.05) is 30.9 Å². The van der Waals surface area contributed by atoms with Gasteiger partial charge in [0.05, 0.1) is 0 Å². The number of tetrazole rings is 1. The summed E-state index contributed by atoms with van der Waals surface area (Å²) in [5, 5.41) is 20.0. The highest BCUT2D eigenvalue weighted by Crippen LogP contribution is 2.14. The molecule has 0 aromatic carbocycles. The molecule has 7 nitrogen and oxygen atoms in total. The fourth-order valence-corrected chi connectivity index (χ4v) is 1.60. The fourth-order valence-electron chi connectivity index (χ4n) is 1.60. The Balaban J connectivity index is 1.98. The SMILES string of the molecule is O=C(O)CCCCn1nnnc1-c1ccncc1. The molecule has 1 N–H and O–H groups in total. The van der Waals surface area contributed by atoms with E-state index in [0.717, 1.165) is 12.0 Å². The minimum absolute atomic E-state index is 0.173. The summed E-state index contributed by atoms with van der Waals surface area (Å²) in [4.78, 5) is 14.3. The lowest BCUT2D eigenvalue weighted by molar-refractivity contribution is -0.137. The molecular weight excluding hydrogens is 234 g/mol. The van der Waals surface area contributed by atoms with Crippen molar-refractivity contribution in [2.45, 2.75) is 25.8 Å². The predicted molar refractivity (Wildman–Crippen MR) is 62.5 cm³/mol. The first-order chi connectivity index (χ1) is 8.77. The molecule has 0 aliphatic heterocycles. The Morgan fingerprint density at radius 2 is 2.06 bits per heavy atom. The first kappa shape index (κ1) is 12.2. The van der Waals surface area contributed by atoms with Gasteiger partial charge in [0.1, 0.15) is 0 Å². The molecule has 0 amide bonds. The van der Waals surface area contributed by atoms with E-state index in [0.29, 0.717) is 18.8 Å². The number of rotatable bonds is 6. The van der Waals surface area contributed by atoms with Gasteiger partial charge in [0.25, 0.3) is 0 Å². The summed E-state index contributed by atoms with van der Waals surface area (Å²) in [7, 11) is 0. The highest BCUT2D eigenvalue weighted by molar-refractivity contribution is 5.66. The van der Waals surface area contributed by atoms with Crippen LogP contribution in [0.3, 0.4) is 0 Å². The third-order valence-corrected chi connectivity index (χ3v) is 2.48. The van der Waals surface area contributed by atoms with Crippen molar-refractivity contribution < 1.29 is 9.90 Å². The minimum atomic E-state index is -0.777. The first-order valence-electron chi connectivity index (χ1n) is 5.66. The molecule has 2 rings (SSSR count). The van der Waals surface area contributed by atoms with Crippen LogP contribution in [-0.4, -0.2) is 36.3 Å². The number of carbonyl (C=O) groups is 1. The van der Waals surface area contributed by atoms with Crippen LogP contribution in [0.15, 0.2) is 24.5 Å². The van der Waals surface area contributed by atoms with Crippen molar-refractivity contribution in [2.75, 3.05) is 0 Å². The molecule has 2 aromatic heterocycles. The molecule has 0 spiro atoms. The van der Waals surface area contributed by atoms with Crippen molar-refractivity contribution in [3.05, 3.63) is 24.5 Å². The van der Waals surface area contributed by atoms with Gasteiger partial charge in [0.2, 0.25) is 0 Å². The van der Waals surface area contributed by atoms with Crippen LogP contribution >= 0.6 is 0 Å². The molecule has 2 aromatic rings. The summed E-state index contributed by atoms with van der Waals surface area (Å²) in [6, 6.07) is 3.67. The second-order valence-corrected chi connectivity index (χ2v) is 3.81. The number of aromatic nitrogens is 5. The minimum Gasteiger partial charge on any atom is -0.481 e. The van der Waals surface area contributed by atoms with Gasteiger partial charge in [-0.3, -0.25) is 9.78 Å². The van der Waals surface area contributed by atoms with Gasteiger partial charge in [0.15, 0.2) is 5.82 Å². The van der Waals surface area contributed by atoms with E-state index in [1.54, 1.807) is 17.1 Å². The Bertz CT molecular complexity index is 511. The molecule has 2 heterocycles. The summed E-state index contributed by atoms with van der Waals surface area (Å²) >= 11 is 0. The van der Waals surface area contributed by atoms with E-state index in [-0.39, 0.29) is 6.42 Å². The Morgan fingerprint density at radius 3 is 2.78 bits per heavy atom. The Labute approximate surface area is 103 Å². The van der Waals surface area contributed by atoms with Crippen LogP contribution < -0.4 is 0 Å². The summed E-state index contributed by atoms with van der Waals surface area (Å²) in [6.45, 7) is 0.609. The molecule has 94 valence electrons. The number of pyridine rings is 1. The number of hydrogen-bond donors (Lipinski definition) is 1. The molecule has 0 aliphatic rings. The topological polar surface area (TPSA) is 93.8 Å². The van der Waals surface area contributed by atoms with Crippen LogP contribution in [0.1, 0.15) is 19.3 Å². The number of hydrogen-bond acceptors (Lipinski definition) is 5. The Kier molecular flexibility index (Phi) is 3.95. The van der Waals surface area contributed by atoms with Crippen molar-refractivity contribution in [1.82, 2.24) is 25.2 Å². The van der Waals surface area contributed by atoms with E-state index in [1.165, 1.54) is 0 Å². The van der Waals surface area contributed by atoms with Gasteiger partial charge >= 0.3 is 5.97 Å². The van der Waals surface area contributed by atoms with E-state index < -0.39 is 5.97 Å². The first-order valence-corrected chi connectivity index (χ1v) is 5.66. The van der Waals surface area contributed by atoms with Crippen LogP contribution in [0.25, 0.3) is 11.4 Å². The van der Waals surface area contributed by atoms with Crippen LogP contribution in [0.5, 0.6) is 0 Å². The third-order valence-electron chi connectivity index (χ3n) is 2.48. The van der Waals surface area contributed by atoms with Gasteiger partial charge in [-0.25, -0.2) is 4.68 Å². The highest BCUT2D eigenvalue weighted by Gasteiger charge is 2.08. The molecule has 0 radical (unpaired) electrons. The standard InChI is InChI=1S/C11H13N5O2/c17-10(18)3-1-2-8-16-11(13-14-15-16)9-4-6-12-7-5-9/h4-7H,1-3,8H2,(H,17,18). The molecule has 0 saturated carbocycles. The van der Waals surface area contributed by atoms with Crippen LogP contribution in [0, 0.1) is 0 Å². The lowest BCUT2D eigenvalue weighted by Crippen LogP contribution is -2.04. The summed E-state index contributed by atoms with van der Waals surface area (Å²) < 4.78 is 1.68. The molecule has 0 atom stereocenters. The number of carboxylic acids is 1. The van der Waals surface area contributed by atoms with Gasteiger partial charge < -0.3 is 5.11 Å². The van der Waals surface area contributed by atoms with Crippen molar-refractivity contribution >= 4 is 5.97 Å². The van der Waals surface area contributed by atoms with E-state index in [2.05, 4.69) is 20.5 Å². The van der Waals surface area contributed by atoms with Crippen molar-refractivity contribution in [3.8, 4) is 11.4 Å². The van der Waals surface area contributed by atoms with Gasteiger partial charge in [-0.05, 0) is 35.4 Å². The predicted octanol–water partition coefficient (Wildman–Crippen LogP) is 0.990. The molecular formula is C11H13N5O2. The van der Waals surface area contributed by atoms with Crippen molar-refractivity contribution in [1.29, 1.82) is 0 Å². The monoisotopic (exact) mass is 247 g/mol. The number of carboxylic acid groups (broad SMARTS) is 1.